The fourth-order valence-corrected chi connectivity index (χ4v) is 5.13. The van der Waals surface area contributed by atoms with E-state index >= 15 is 0 Å². The molecule has 3 aromatic carbocycles. The third-order valence-electron chi connectivity index (χ3n) is 4.21. The SMILES string of the molecule is CC(=O)OS(O)(N=C(C)c1ccccc1)C(c1ccccc1)c1ccccc1. The highest BCUT2D eigenvalue weighted by Crippen LogP contribution is 2.62. The first-order valence-electron chi connectivity index (χ1n) is 8.96. The minimum Gasteiger partial charge on any atom is -0.333 e. The number of hydrogen-bond acceptors (Lipinski definition) is 4. The van der Waals surface area contributed by atoms with Crippen molar-refractivity contribution in [2.24, 2.45) is 4.40 Å². The molecule has 0 amide bonds. The predicted molar refractivity (Wildman–Crippen MR) is 115 cm³/mol. The molecule has 5 heteroatoms. The second-order valence-corrected chi connectivity index (χ2v) is 8.25. The van der Waals surface area contributed by atoms with Crippen LogP contribution in [0.5, 0.6) is 0 Å². The first kappa shape index (κ1) is 19.9. The molecule has 1 atom stereocenters. The van der Waals surface area contributed by atoms with Crippen molar-refractivity contribution in [3.8, 4) is 0 Å². The molecule has 0 aliphatic rings. The topological polar surface area (TPSA) is 58.9 Å². The van der Waals surface area contributed by atoms with Gasteiger partial charge in [0, 0.05) is 6.92 Å². The van der Waals surface area contributed by atoms with Gasteiger partial charge in [-0.15, -0.1) is 0 Å². The Morgan fingerprint density at radius 1 is 0.821 bits per heavy atom. The zero-order valence-corrected chi connectivity index (χ0v) is 16.7. The van der Waals surface area contributed by atoms with Gasteiger partial charge in [-0.25, -0.2) is 0 Å². The minimum absolute atomic E-state index is 0.570. The van der Waals surface area contributed by atoms with Crippen molar-refractivity contribution < 1.29 is 13.5 Å². The van der Waals surface area contributed by atoms with Crippen LogP contribution in [0.4, 0.5) is 0 Å². The number of nitrogens with zero attached hydrogens (tertiary/aromatic N) is 1. The van der Waals surface area contributed by atoms with Crippen LogP contribution in [0.3, 0.4) is 0 Å². The molecule has 0 aliphatic carbocycles. The number of benzene rings is 3. The Morgan fingerprint density at radius 3 is 1.68 bits per heavy atom. The highest BCUT2D eigenvalue weighted by atomic mass is 32.3. The molecule has 0 saturated heterocycles. The average molecular weight is 394 g/mol. The molecule has 1 N–H and O–H groups in total. The Kier molecular flexibility index (Phi) is 6.29. The molecule has 1 unspecified atom stereocenters. The molecule has 0 saturated carbocycles. The van der Waals surface area contributed by atoms with E-state index in [1.54, 1.807) is 0 Å². The number of hydrogen-bond donors (Lipinski definition) is 1. The highest BCUT2D eigenvalue weighted by Gasteiger charge is 2.34. The van der Waals surface area contributed by atoms with Crippen LogP contribution in [0, 0.1) is 0 Å². The molecule has 0 heterocycles. The maximum atomic E-state index is 11.9. The van der Waals surface area contributed by atoms with E-state index in [1.807, 2.05) is 97.9 Å². The quantitative estimate of drug-likeness (QED) is 0.526. The lowest BCUT2D eigenvalue weighted by molar-refractivity contribution is -0.131. The molecule has 0 bridgehead atoms. The van der Waals surface area contributed by atoms with Crippen LogP contribution in [-0.2, 0) is 8.98 Å². The van der Waals surface area contributed by atoms with Gasteiger partial charge < -0.3 is 4.18 Å². The third-order valence-corrected chi connectivity index (χ3v) is 6.38. The normalized spacial score (nSPS) is 14.9. The monoisotopic (exact) mass is 393 g/mol. The van der Waals surface area contributed by atoms with Crippen LogP contribution in [0.1, 0.15) is 35.8 Å². The average Bonchev–Trinajstić information content (AvgIpc) is 2.69. The summed E-state index contributed by atoms with van der Waals surface area (Å²) in [6.45, 7) is 3.10. The van der Waals surface area contributed by atoms with Gasteiger partial charge in [-0.2, -0.15) is 4.40 Å². The molecule has 0 spiro atoms. The molecule has 0 aliphatic heterocycles. The predicted octanol–water partition coefficient (Wildman–Crippen LogP) is 5.96. The molecule has 4 nitrogen and oxygen atoms in total. The zero-order valence-electron chi connectivity index (χ0n) is 15.9. The standard InChI is InChI=1S/C23H23NO3S/c1-18(20-12-6-3-7-13-20)24-28(26,27-19(2)25)23(21-14-8-4-9-15-21)22-16-10-5-11-17-22/h3-17,23,26H,1-2H3. The van der Waals surface area contributed by atoms with Crippen molar-refractivity contribution in [1.29, 1.82) is 0 Å². The summed E-state index contributed by atoms with van der Waals surface area (Å²) in [6.07, 6.45) is 0. The molecule has 0 radical (unpaired) electrons. The van der Waals surface area contributed by atoms with Gasteiger partial charge in [0.1, 0.15) is 5.25 Å². The molecule has 28 heavy (non-hydrogen) atoms. The van der Waals surface area contributed by atoms with Gasteiger partial charge in [0.25, 0.3) is 0 Å². The van der Waals surface area contributed by atoms with Gasteiger partial charge in [-0.05, 0) is 34.4 Å². The lowest BCUT2D eigenvalue weighted by Gasteiger charge is -2.40. The van der Waals surface area contributed by atoms with Crippen molar-refractivity contribution in [1.82, 2.24) is 0 Å². The summed E-state index contributed by atoms with van der Waals surface area (Å²) in [5, 5.41) is -0.600. The van der Waals surface area contributed by atoms with E-state index < -0.39 is 22.0 Å². The van der Waals surface area contributed by atoms with Gasteiger partial charge in [-0.3, -0.25) is 9.35 Å². The van der Waals surface area contributed by atoms with Gasteiger partial charge in [0.2, 0.25) is 0 Å². The van der Waals surface area contributed by atoms with Crippen LogP contribution in [0.25, 0.3) is 0 Å². The highest BCUT2D eigenvalue weighted by molar-refractivity contribution is 8.24. The molecular weight excluding hydrogens is 370 g/mol. The van der Waals surface area contributed by atoms with Gasteiger partial charge in [0.15, 0.2) is 0 Å². The third kappa shape index (κ3) is 4.68. The largest absolute Gasteiger partial charge is 0.333 e. The lowest BCUT2D eigenvalue weighted by Crippen LogP contribution is -2.17. The van der Waals surface area contributed by atoms with E-state index in [-0.39, 0.29) is 0 Å². The molecular formula is C23H23NO3S. The van der Waals surface area contributed by atoms with E-state index in [2.05, 4.69) is 4.40 Å². The summed E-state index contributed by atoms with van der Waals surface area (Å²) in [6, 6.07) is 28.6. The van der Waals surface area contributed by atoms with Crippen LogP contribution in [0.2, 0.25) is 0 Å². The summed E-state index contributed by atoms with van der Waals surface area (Å²) in [4.78, 5) is 11.9. The molecule has 144 valence electrons. The van der Waals surface area contributed by atoms with Crippen molar-refractivity contribution in [2.45, 2.75) is 19.1 Å². The van der Waals surface area contributed by atoms with Crippen molar-refractivity contribution in [3.05, 3.63) is 108 Å². The fraction of sp³-hybridized carbons (Fsp3) is 0.130. The van der Waals surface area contributed by atoms with Crippen LogP contribution in [-0.4, -0.2) is 16.2 Å². The molecule has 0 fully saturated rings. The Morgan fingerprint density at radius 2 is 1.25 bits per heavy atom. The van der Waals surface area contributed by atoms with Crippen LogP contribution in [0.15, 0.2) is 95.4 Å². The fourth-order valence-electron chi connectivity index (χ4n) is 3.02. The van der Waals surface area contributed by atoms with Crippen molar-refractivity contribution in [3.63, 3.8) is 0 Å². The summed E-state index contributed by atoms with van der Waals surface area (Å²) in [7, 11) is -3.19. The maximum Gasteiger partial charge on any atom is 0.327 e. The lowest BCUT2D eigenvalue weighted by atomic mass is 10.0. The minimum atomic E-state index is -3.19. The van der Waals surface area contributed by atoms with Crippen molar-refractivity contribution in [2.75, 3.05) is 0 Å². The van der Waals surface area contributed by atoms with Gasteiger partial charge in [0.05, 0.1) is 5.71 Å². The Balaban J connectivity index is 2.17. The van der Waals surface area contributed by atoms with Gasteiger partial charge in [-0.1, -0.05) is 91.0 Å². The Bertz CT molecular complexity index is 906. The summed E-state index contributed by atoms with van der Waals surface area (Å²) in [5.74, 6) is -0.570. The first-order chi connectivity index (χ1) is 13.5. The molecule has 0 aromatic heterocycles. The van der Waals surface area contributed by atoms with Crippen LogP contribution >= 0.6 is 10.8 Å². The molecule has 3 aromatic rings. The van der Waals surface area contributed by atoms with Crippen LogP contribution < -0.4 is 0 Å². The van der Waals surface area contributed by atoms with Gasteiger partial charge >= 0.3 is 5.97 Å². The van der Waals surface area contributed by atoms with E-state index in [1.165, 1.54) is 6.92 Å². The second kappa shape index (κ2) is 8.87. The molecule has 3 rings (SSSR count). The van der Waals surface area contributed by atoms with E-state index in [0.29, 0.717) is 5.71 Å². The van der Waals surface area contributed by atoms with Crippen molar-refractivity contribution >= 4 is 22.5 Å². The van der Waals surface area contributed by atoms with E-state index in [9.17, 15) is 9.35 Å². The first-order valence-corrected chi connectivity index (χ1v) is 10.5. The smallest absolute Gasteiger partial charge is 0.327 e. The second-order valence-electron chi connectivity index (χ2n) is 6.36. The van der Waals surface area contributed by atoms with E-state index in [0.717, 1.165) is 16.7 Å². The number of carbonyl (C=O) groups excluding carboxylic acids is 1. The Hall–Kier alpha value is -2.89. The maximum absolute atomic E-state index is 11.9. The summed E-state index contributed by atoms with van der Waals surface area (Å²) in [5.41, 5.74) is 3.13. The van der Waals surface area contributed by atoms with E-state index in [4.69, 9.17) is 4.18 Å². The summed E-state index contributed by atoms with van der Waals surface area (Å²) < 4.78 is 21.7. The zero-order chi connectivity index (χ0) is 20.0. The Labute approximate surface area is 167 Å². The summed E-state index contributed by atoms with van der Waals surface area (Å²) >= 11 is 0. The number of carbonyl (C=O) groups is 1. The number of rotatable bonds is 6.